The Morgan fingerprint density at radius 1 is 0.439 bits per heavy atom. The van der Waals surface area contributed by atoms with Crippen LogP contribution in [0.25, 0.3) is 83.1 Å². The lowest BCUT2D eigenvalue weighted by molar-refractivity contribution is 0.600. The van der Waals surface area contributed by atoms with Gasteiger partial charge in [0.05, 0.1) is 16.7 Å². The number of benzene rings is 8. The maximum atomic E-state index is 6.51. The van der Waals surface area contributed by atoms with E-state index in [4.69, 9.17) is 4.42 Å². The molecule has 0 spiro atoms. The summed E-state index contributed by atoms with van der Waals surface area (Å²) < 4.78 is 8.92. The zero-order chi connectivity index (χ0) is 37.9. The average Bonchev–Trinajstić information content (AvgIpc) is 3.74. The van der Waals surface area contributed by atoms with Crippen molar-refractivity contribution in [1.82, 2.24) is 4.57 Å². The molecule has 0 N–H and O–H groups in total. The van der Waals surface area contributed by atoms with Crippen LogP contribution in [0.1, 0.15) is 11.3 Å². The van der Waals surface area contributed by atoms with E-state index in [-0.39, 0.29) is 0 Å². The van der Waals surface area contributed by atoms with E-state index >= 15 is 0 Å². The van der Waals surface area contributed by atoms with Crippen LogP contribution < -0.4 is 4.90 Å². The van der Waals surface area contributed by atoms with Gasteiger partial charge in [-0.15, -0.1) is 0 Å². The molecule has 0 radical (unpaired) electrons. The molecule has 2 heterocycles. The van der Waals surface area contributed by atoms with Gasteiger partial charge in [-0.2, -0.15) is 0 Å². The second kappa shape index (κ2) is 13.3. The van der Waals surface area contributed by atoms with Gasteiger partial charge >= 0.3 is 0 Å². The number of aromatic nitrogens is 1. The van der Waals surface area contributed by atoms with Crippen LogP contribution in [-0.4, -0.2) is 4.57 Å². The second-order valence-corrected chi connectivity index (χ2v) is 14.6. The smallest absolute Gasteiger partial charge is 0.142 e. The zero-order valence-corrected chi connectivity index (χ0v) is 31.1. The van der Waals surface area contributed by atoms with Gasteiger partial charge in [0.2, 0.25) is 0 Å². The largest absolute Gasteiger partial charge is 0.455 e. The summed E-state index contributed by atoms with van der Waals surface area (Å²) in [6.07, 6.45) is 8.15. The fourth-order valence-corrected chi connectivity index (χ4v) is 8.65. The van der Waals surface area contributed by atoms with Crippen molar-refractivity contribution in [3.05, 3.63) is 218 Å². The van der Waals surface area contributed by atoms with Crippen LogP contribution in [0.4, 0.5) is 17.1 Å². The van der Waals surface area contributed by atoms with Gasteiger partial charge in [-0.3, -0.25) is 0 Å². The maximum absolute atomic E-state index is 6.51. The predicted octanol–water partition coefficient (Wildman–Crippen LogP) is 15.1. The minimum Gasteiger partial charge on any atom is -0.455 e. The zero-order valence-electron chi connectivity index (χ0n) is 31.1. The molecule has 11 rings (SSSR count). The normalized spacial score (nSPS) is 12.5. The number of anilines is 3. The summed E-state index contributed by atoms with van der Waals surface area (Å²) >= 11 is 0. The first kappa shape index (κ1) is 32.8. The predicted molar refractivity (Wildman–Crippen MR) is 241 cm³/mol. The molecular formula is C54H36N2O. The third kappa shape index (κ3) is 5.43. The van der Waals surface area contributed by atoms with E-state index in [1.165, 1.54) is 49.4 Å². The van der Waals surface area contributed by atoms with Gasteiger partial charge < -0.3 is 13.9 Å². The minimum atomic E-state index is 0.811. The lowest BCUT2D eigenvalue weighted by Crippen LogP contribution is -2.10. The maximum Gasteiger partial charge on any atom is 0.142 e. The number of para-hydroxylation sites is 2. The van der Waals surface area contributed by atoms with Gasteiger partial charge in [0.1, 0.15) is 11.3 Å². The van der Waals surface area contributed by atoms with Crippen molar-refractivity contribution in [2.75, 3.05) is 4.90 Å². The van der Waals surface area contributed by atoms with E-state index in [1.807, 2.05) is 18.2 Å². The molecule has 268 valence electrons. The first-order valence-electron chi connectivity index (χ1n) is 19.4. The number of hydrogen-bond donors (Lipinski definition) is 0. The number of allylic oxidation sites excluding steroid dienone is 4. The molecule has 3 heteroatoms. The van der Waals surface area contributed by atoms with Crippen molar-refractivity contribution in [2.45, 2.75) is 0 Å². The molecule has 2 aromatic heterocycles. The summed E-state index contributed by atoms with van der Waals surface area (Å²) in [5, 5.41) is 6.01. The lowest BCUT2D eigenvalue weighted by Gasteiger charge is -2.26. The first-order chi connectivity index (χ1) is 28.2. The van der Waals surface area contributed by atoms with E-state index in [2.05, 4.69) is 204 Å². The summed E-state index contributed by atoms with van der Waals surface area (Å²) in [6.45, 7) is 4.26. The van der Waals surface area contributed by atoms with Crippen molar-refractivity contribution in [3.8, 4) is 27.9 Å². The van der Waals surface area contributed by atoms with E-state index in [1.54, 1.807) is 0 Å². The lowest BCUT2D eigenvalue weighted by atomic mass is 9.96. The molecule has 3 nitrogen and oxygen atoms in total. The highest BCUT2D eigenvalue weighted by Crippen LogP contribution is 2.43. The van der Waals surface area contributed by atoms with Crippen LogP contribution in [0, 0.1) is 0 Å². The van der Waals surface area contributed by atoms with Crippen LogP contribution >= 0.6 is 0 Å². The van der Waals surface area contributed by atoms with Crippen molar-refractivity contribution in [2.24, 2.45) is 0 Å². The van der Waals surface area contributed by atoms with Gasteiger partial charge in [0.25, 0.3) is 0 Å². The monoisotopic (exact) mass is 728 g/mol. The molecule has 0 fully saturated rings. The molecule has 8 aromatic carbocycles. The van der Waals surface area contributed by atoms with E-state index in [0.717, 1.165) is 56.1 Å². The molecule has 0 bridgehead atoms. The Morgan fingerprint density at radius 3 is 1.84 bits per heavy atom. The van der Waals surface area contributed by atoms with E-state index in [9.17, 15) is 0 Å². The summed E-state index contributed by atoms with van der Waals surface area (Å²) in [6, 6.07) is 65.5. The molecule has 0 amide bonds. The number of nitrogens with zero attached hydrogens (tertiary/aromatic N) is 2. The molecule has 1 aliphatic rings. The Bertz CT molecular complexity index is 3200. The fourth-order valence-electron chi connectivity index (χ4n) is 8.65. The van der Waals surface area contributed by atoms with Crippen molar-refractivity contribution >= 4 is 72.3 Å². The van der Waals surface area contributed by atoms with Crippen LogP contribution in [0.3, 0.4) is 0 Å². The number of fused-ring (bicyclic) bond motifs is 7. The number of hydrogen-bond acceptors (Lipinski definition) is 2. The molecule has 10 aromatic rings. The standard InChI is InChI=1S/C54H36N2O/c1-36-14-5-6-23-49-48-31-30-42(35-53(48)57-54(36)49)55(41-18-13-17-39(34-41)37-15-3-2-4-16-37)40-28-26-38(27-29-40)43-32-33-52(45-20-8-7-19-44(43)45)56-50-24-11-9-21-46(50)47-22-10-12-25-51(47)56/h2-35H,1H2. The molecule has 0 aliphatic heterocycles. The molecule has 0 atom stereocenters. The highest BCUT2D eigenvalue weighted by molar-refractivity contribution is 6.11. The van der Waals surface area contributed by atoms with Crippen LogP contribution in [0.2, 0.25) is 0 Å². The van der Waals surface area contributed by atoms with Gasteiger partial charge in [0.15, 0.2) is 0 Å². The van der Waals surface area contributed by atoms with Crippen molar-refractivity contribution in [1.29, 1.82) is 0 Å². The number of furan rings is 1. The third-order valence-electron chi connectivity index (χ3n) is 11.3. The van der Waals surface area contributed by atoms with Crippen LogP contribution in [0.15, 0.2) is 211 Å². The summed E-state index contributed by atoms with van der Waals surface area (Å²) in [7, 11) is 0. The molecule has 57 heavy (non-hydrogen) atoms. The second-order valence-electron chi connectivity index (χ2n) is 14.6. The molecule has 0 saturated carbocycles. The minimum absolute atomic E-state index is 0.811. The van der Waals surface area contributed by atoms with Crippen molar-refractivity contribution < 1.29 is 4.42 Å². The highest BCUT2D eigenvalue weighted by atomic mass is 16.3. The van der Waals surface area contributed by atoms with Gasteiger partial charge in [-0.25, -0.2) is 0 Å². The van der Waals surface area contributed by atoms with Crippen LogP contribution in [0.5, 0.6) is 0 Å². The topological polar surface area (TPSA) is 21.3 Å². The third-order valence-corrected chi connectivity index (χ3v) is 11.3. The summed E-state index contributed by atoms with van der Waals surface area (Å²) in [5.41, 5.74) is 14.1. The van der Waals surface area contributed by atoms with Gasteiger partial charge in [0, 0.05) is 55.8 Å². The van der Waals surface area contributed by atoms with Gasteiger partial charge in [-0.1, -0.05) is 152 Å². The average molecular weight is 729 g/mol. The molecular weight excluding hydrogens is 693 g/mol. The summed E-state index contributed by atoms with van der Waals surface area (Å²) in [5.74, 6) is 0.811. The Hall–Kier alpha value is -7.62. The Labute approximate surface area is 331 Å². The summed E-state index contributed by atoms with van der Waals surface area (Å²) in [4.78, 5) is 2.32. The SMILES string of the molecule is C=C1C=CC=Cc2c1oc1cc(N(c3ccc(-c4ccc(-n5c6ccccc6c6ccccc65)c5ccccc45)cc3)c3cccc(-c4ccccc4)c3)ccc21. The van der Waals surface area contributed by atoms with Gasteiger partial charge in [-0.05, 0) is 82.2 Å². The highest BCUT2D eigenvalue weighted by Gasteiger charge is 2.20. The van der Waals surface area contributed by atoms with Crippen LogP contribution in [-0.2, 0) is 0 Å². The first-order valence-corrected chi connectivity index (χ1v) is 19.4. The Morgan fingerprint density at radius 2 is 1.07 bits per heavy atom. The molecule has 0 saturated heterocycles. The number of rotatable bonds is 6. The van der Waals surface area contributed by atoms with E-state index < -0.39 is 0 Å². The quantitative estimate of drug-likeness (QED) is 0.170. The fraction of sp³-hybridized carbons (Fsp3) is 0. The molecule has 1 aliphatic carbocycles. The molecule has 0 unspecified atom stereocenters. The Kier molecular flexibility index (Phi) is 7.65. The Balaban J connectivity index is 1.04. The van der Waals surface area contributed by atoms with E-state index in [0.29, 0.717) is 0 Å². The van der Waals surface area contributed by atoms with Crippen molar-refractivity contribution in [3.63, 3.8) is 0 Å².